The minimum atomic E-state index is -0.687. The van der Waals surface area contributed by atoms with Gasteiger partial charge in [-0.05, 0) is 19.3 Å². The van der Waals surface area contributed by atoms with Gasteiger partial charge in [0.1, 0.15) is 0 Å². The van der Waals surface area contributed by atoms with Crippen molar-refractivity contribution in [3.05, 3.63) is 12.2 Å². The fourth-order valence-corrected chi connectivity index (χ4v) is 1.24. The Morgan fingerprint density at radius 3 is 3.00 bits per heavy atom. The third-order valence-electron chi connectivity index (χ3n) is 1.82. The molecule has 1 heteroatoms. The SMILES string of the molecule is C#CC[C@]1(O)C=CCCC1. The lowest BCUT2D eigenvalue weighted by Crippen LogP contribution is -2.26. The highest BCUT2D eigenvalue weighted by molar-refractivity contribution is 5.10. The van der Waals surface area contributed by atoms with E-state index in [-0.39, 0.29) is 0 Å². The van der Waals surface area contributed by atoms with Crippen LogP contribution in [-0.2, 0) is 0 Å². The van der Waals surface area contributed by atoms with E-state index in [0.29, 0.717) is 6.42 Å². The van der Waals surface area contributed by atoms with Gasteiger partial charge in [-0.1, -0.05) is 12.2 Å². The average molecular weight is 136 g/mol. The van der Waals surface area contributed by atoms with Crippen LogP contribution in [0, 0.1) is 12.3 Å². The smallest absolute Gasteiger partial charge is 0.0936 e. The molecule has 0 fully saturated rings. The molecule has 0 aliphatic heterocycles. The number of rotatable bonds is 1. The lowest BCUT2D eigenvalue weighted by molar-refractivity contribution is 0.0802. The largest absolute Gasteiger partial charge is 0.385 e. The molecular formula is C9H12O. The molecular weight excluding hydrogens is 124 g/mol. The van der Waals surface area contributed by atoms with Gasteiger partial charge >= 0.3 is 0 Å². The highest BCUT2D eigenvalue weighted by Gasteiger charge is 2.23. The highest BCUT2D eigenvalue weighted by atomic mass is 16.3. The molecule has 1 rings (SSSR count). The summed E-state index contributed by atoms with van der Waals surface area (Å²) in [5, 5.41) is 9.64. The van der Waals surface area contributed by atoms with Crippen molar-refractivity contribution in [1.82, 2.24) is 0 Å². The van der Waals surface area contributed by atoms with Gasteiger partial charge in [-0.15, -0.1) is 12.3 Å². The second-order valence-electron chi connectivity index (χ2n) is 2.78. The summed E-state index contributed by atoms with van der Waals surface area (Å²) < 4.78 is 0. The molecule has 0 heterocycles. The van der Waals surface area contributed by atoms with Crippen molar-refractivity contribution in [2.75, 3.05) is 0 Å². The Bertz CT molecular complexity index is 176. The fourth-order valence-electron chi connectivity index (χ4n) is 1.24. The number of aliphatic hydroxyl groups is 1. The maximum atomic E-state index is 9.64. The summed E-state index contributed by atoms with van der Waals surface area (Å²) in [4.78, 5) is 0. The van der Waals surface area contributed by atoms with Gasteiger partial charge in [-0.25, -0.2) is 0 Å². The molecule has 0 aromatic heterocycles. The molecule has 1 atom stereocenters. The summed E-state index contributed by atoms with van der Waals surface area (Å²) in [7, 11) is 0. The van der Waals surface area contributed by atoms with Crippen molar-refractivity contribution >= 4 is 0 Å². The van der Waals surface area contributed by atoms with Gasteiger partial charge in [0.2, 0.25) is 0 Å². The van der Waals surface area contributed by atoms with Crippen molar-refractivity contribution in [2.24, 2.45) is 0 Å². The number of hydrogen-bond acceptors (Lipinski definition) is 1. The molecule has 0 aromatic rings. The quantitative estimate of drug-likeness (QED) is 0.427. The Labute approximate surface area is 61.8 Å². The Kier molecular flexibility index (Phi) is 2.13. The summed E-state index contributed by atoms with van der Waals surface area (Å²) in [6.07, 6.45) is 12.3. The van der Waals surface area contributed by atoms with Crippen molar-refractivity contribution in [2.45, 2.75) is 31.3 Å². The van der Waals surface area contributed by atoms with Crippen molar-refractivity contribution < 1.29 is 5.11 Å². The van der Waals surface area contributed by atoms with E-state index in [9.17, 15) is 5.11 Å². The molecule has 0 amide bonds. The first-order chi connectivity index (χ1) is 4.77. The second kappa shape index (κ2) is 2.90. The van der Waals surface area contributed by atoms with Gasteiger partial charge in [0.15, 0.2) is 0 Å². The molecule has 0 spiro atoms. The first kappa shape index (κ1) is 7.37. The van der Waals surface area contributed by atoms with Gasteiger partial charge in [0.05, 0.1) is 5.60 Å². The summed E-state index contributed by atoms with van der Waals surface area (Å²) in [5.41, 5.74) is -0.687. The monoisotopic (exact) mass is 136 g/mol. The van der Waals surface area contributed by atoms with Crippen molar-refractivity contribution in [3.8, 4) is 12.3 Å². The van der Waals surface area contributed by atoms with Crippen LogP contribution >= 0.6 is 0 Å². The van der Waals surface area contributed by atoms with E-state index in [1.54, 1.807) is 0 Å². The topological polar surface area (TPSA) is 20.2 Å². The number of allylic oxidation sites excluding steroid dienone is 1. The van der Waals surface area contributed by atoms with Crippen LogP contribution in [-0.4, -0.2) is 10.7 Å². The van der Waals surface area contributed by atoms with Gasteiger partial charge in [0.25, 0.3) is 0 Å². The van der Waals surface area contributed by atoms with Crippen molar-refractivity contribution in [3.63, 3.8) is 0 Å². The number of hydrogen-bond donors (Lipinski definition) is 1. The van der Waals surface area contributed by atoms with Crippen LogP contribution in [0.1, 0.15) is 25.7 Å². The maximum absolute atomic E-state index is 9.64. The summed E-state index contributed by atoms with van der Waals surface area (Å²) in [6, 6.07) is 0. The standard InChI is InChI=1S/C9H12O/c1-2-6-9(10)7-4-3-5-8-9/h1,4,7,10H,3,5-6,8H2/t9-/m0/s1. The zero-order chi connectivity index (χ0) is 7.45. The minimum absolute atomic E-state index is 0.448. The molecule has 0 saturated carbocycles. The molecule has 10 heavy (non-hydrogen) atoms. The zero-order valence-corrected chi connectivity index (χ0v) is 6.01. The van der Waals surface area contributed by atoms with Crippen LogP contribution in [0.25, 0.3) is 0 Å². The average Bonchev–Trinajstić information content (AvgIpc) is 1.89. The van der Waals surface area contributed by atoms with E-state index in [1.807, 2.05) is 12.2 Å². The Morgan fingerprint density at radius 1 is 1.70 bits per heavy atom. The van der Waals surface area contributed by atoms with Crippen LogP contribution in [0.5, 0.6) is 0 Å². The van der Waals surface area contributed by atoms with Crippen LogP contribution in [0.3, 0.4) is 0 Å². The molecule has 0 aromatic carbocycles. The van der Waals surface area contributed by atoms with E-state index in [0.717, 1.165) is 19.3 Å². The first-order valence-electron chi connectivity index (χ1n) is 3.60. The van der Waals surface area contributed by atoms with Gasteiger partial charge in [-0.3, -0.25) is 0 Å². The van der Waals surface area contributed by atoms with Crippen LogP contribution in [0.2, 0.25) is 0 Å². The lowest BCUT2D eigenvalue weighted by Gasteiger charge is -2.24. The molecule has 0 radical (unpaired) electrons. The van der Waals surface area contributed by atoms with Gasteiger partial charge < -0.3 is 5.11 Å². The van der Waals surface area contributed by atoms with E-state index in [2.05, 4.69) is 5.92 Å². The molecule has 0 unspecified atom stereocenters. The second-order valence-corrected chi connectivity index (χ2v) is 2.78. The Morgan fingerprint density at radius 2 is 2.50 bits per heavy atom. The van der Waals surface area contributed by atoms with Crippen LogP contribution in [0.4, 0.5) is 0 Å². The van der Waals surface area contributed by atoms with Crippen LogP contribution in [0.15, 0.2) is 12.2 Å². The van der Waals surface area contributed by atoms with E-state index in [4.69, 9.17) is 6.42 Å². The molecule has 1 nitrogen and oxygen atoms in total. The summed E-state index contributed by atoms with van der Waals surface area (Å²) >= 11 is 0. The third kappa shape index (κ3) is 1.62. The molecule has 1 aliphatic rings. The van der Waals surface area contributed by atoms with E-state index < -0.39 is 5.60 Å². The van der Waals surface area contributed by atoms with Crippen LogP contribution < -0.4 is 0 Å². The van der Waals surface area contributed by atoms with Crippen molar-refractivity contribution in [1.29, 1.82) is 0 Å². The molecule has 0 saturated heterocycles. The predicted octanol–water partition coefficient (Wildman–Crippen LogP) is 1.48. The molecule has 0 bridgehead atoms. The summed E-state index contributed by atoms with van der Waals surface area (Å²) in [6.45, 7) is 0. The maximum Gasteiger partial charge on any atom is 0.0936 e. The minimum Gasteiger partial charge on any atom is -0.385 e. The van der Waals surface area contributed by atoms with Gasteiger partial charge in [-0.2, -0.15) is 0 Å². The predicted molar refractivity (Wildman–Crippen MR) is 41.4 cm³/mol. The number of terminal acetylenes is 1. The Balaban J connectivity index is 2.58. The zero-order valence-electron chi connectivity index (χ0n) is 6.01. The van der Waals surface area contributed by atoms with Gasteiger partial charge in [0, 0.05) is 6.42 Å². The molecule has 1 aliphatic carbocycles. The summed E-state index contributed by atoms with van der Waals surface area (Å²) in [5.74, 6) is 2.48. The first-order valence-corrected chi connectivity index (χ1v) is 3.60. The fraction of sp³-hybridized carbons (Fsp3) is 0.556. The Hall–Kier alpha value is -0.740. The third-order valence-corrected chi connectivity index (χ3v) is 1.82. The molecule has 54 valence electrons. The van der Waals surface area contributed by atoms with E-state index in [1.165, 1.54) is 0 Å². The van der Waals surface area contributed by atoms with E-state index >= 15 is 0 Å². The normalized spacial score (nSPS) is 31.6. The molecule has 1 N–H and O–H groups in total. The lowest BCUT2D eigenvalue weighted by atomic mass is 9.89. The highest BCUT2D eigenvalue weighted by Crippen LogP contribution is 2.24.